The van der Waals surface area contributed by atoms with Crippen LogP contribution in [0.1, 0.15) is 27.2 Å². The van der Waals surface area contributed by atoms with Gasteiger partial charge in [-0.1, -0.05) is 13.8 Å². The van der Waals surface area contributed by atoms with Crippen molar-refractivity contribution in [1.82, 2.24) is 14.5 Å². The molecule has 0 saturated carbocycles. The number of amides is 4. The van der Waals surface area contributed by atoms with E-state index in [1.807, 2.05) is 13.8 Å². The van der Waals surface area contributed by atoms with Gasteiger partial charge >= 0.3 is 6.03 Å². The molecule has 28 heavy (non-hydrogen) atoms. The third-order valence-electron chi connectivity index (χ3n) is 4.38. The average Bonchev–Trinajstić information content (AvgIpc) is 2.77. The summed E-state index contributed by atoms with van der Waals surface area (Å²) < 4.78 is 25.2. The Morgan fingerprint density at radius 3 is 2.29 bits per heavy atom. The van der Waals surface area contributed by atoms with E-state index in [2.05, 4.69) is 10.6 Å². The van der Waals surface area contributed by atoms with E-state index in [4.69, 9.17) is 0 Å². The Morgan fingerprint density at radius 2 is 1.79 bits per heavy atom. The highest BCUT2D eigenvalue weighted by atomic mass is 32.2. The van der Waals surface area contributed by atoms with Gasteiger partial charge in [-0.15, -0.1) is 0 Å². The first-order valence-electron chi connectivity index (χ1n) is 8.83. The molecule has 0 aliphatic carbocycles. The molecule has 1 fully saturated rings. The first kappa shape index (κ1) is 21.8. The molecule has 0 bridgehead atoms. The predicted molar refractivity (Wildman–Crippen MR) is 104 cm³/mol. The van der Waals surface area contributed by atoms with Crippen LogP contribution in [0.15, 0.2) is 29.2 Å². The van der Waals surface area contributed by atoms with Crippen LogP contribution in [0.5, 0.6) is 0 Å². The molecular weight excluding hydrogens is 384 g/mol. The summed E-state index contributed by atoms with van der Waals surface area (Å²) in [4.78, 5) is 38.0. The first-order valence-corrected chi connectivity index (χ1v) is 10.3. The highest BCUT2D eigenvalue weighted by Crippen LogP contribution is 2.25. The Morgan fingerprint density at radius 1 is 1.21 bits per heavy atom. The standard InChI is InChI=1S/C18H26N4O5S/c1-12(2)10-18(3)16(24)22(17(25)20-18)11-15(23)19-13-6-8-14(9-7-13)28(26,27)21(4)5/h6-9,12H,10-11H2,1-5H3,(H,19,23)(H,20,25)/t18-/m1/s1. The molecule has 154 valence electrons. The molecule has 0 unspecified atom stereocenters. The molecule has 1 atom stereocenters. The largest absolute Gasteiger partial charge is 0.325 e. The molecule has 2 N–H and O–H groups in total. The molecule has 0 aromatic heterocycles. The van der Waals surface area contributed by atoms with Gasteiger partial charge in [-0.05, 0) is 43.5 Å². The van der Waals surface area contributed by atoms with Crippen molar-refractivity contribution in [1.29, 1.82) is 0 Å². The van der Waals surface area contributed by atoms with Gasteiger partial charge in [0.1, 0.15) is 12.1 Å². The van der Waals surface area contributed by atoms with Crippen molar-refractivity contribution in [2.24, 2.45) is 5.92 Å². The van der Waals surface area contributed by atoms with Crippen LogP contribution in [0.25, 0.3) is 0 Å². The lowest BCUT2D eigenvalue weighted by Gasteiger charge is -2.23. The van der Waals surface area contributed by atoms with Gasteiger partial charge in [0.05, 0.1) is 4.90 Å². The molecule has 1 aromatic rings. The molecule has 1 aliphatic heterocycles. The summed E-state index contributed by atoms with van der Waals surface area (Å²) >= 11 is 0. The molecular formula is C18H26N4O5S. The van der Waals surface area contributed by atoms with E-state index in [0.717, 1.165) is 9.21 Å². The zero-order valence-corrected chi connectivity index (χ0v) is 17.5. The van der Waals surface area contributed by atoms with Gasteiger partial charge in [0, 0.05) is 19.8 Å². The number of carbonyl (C=O) groups excluding carboxylic acids is 3. The minimum Gasteiger partial charge on any atom is -0.325 e. The maximum atomic E-state index is 12.6. The minimum atomic E-state index is -3.56. The normalized spacial score (nSPS) is 20.0. The fraction of sp³-hybridized carbons (Fsp3) is 0.500. The number of sulfonamides is 1. The number of carbonyl (C=O) groups is 3. The lowest BCUT2D eigenvalue weighted by molar-refractivity contribution is -0.133. The number of hydrogen-bond donors (Lipinski definition) is 2. The van der Waals surface area contributed by atoms with Gasteiger partial charge in [-0.25, -0.2) is 17.5 Å². The topological polar surface area (TPSA) is 116 Å². The summed E-state index contributed by atoms with van der Waals surface area (Å²) in [7, 11) is -0.710. The lowest BCUT2D eigenvalue weighted by Crippen LogP contribution is -2.45. The Labute approximate surface area is 165 Å². The molecule has 1 aromatic carbocycles. The van der Waals surface area contributed by atoms with E-state index in [1.165, 1.54) is 38.4 Å². The zero-order chi connectivity index (χ0) is 21.3. The second-order valence-corrected chi connectivity index (χ2v) is 9.76. The second-order valence-electron chi connectivity index (χ2n) is 7.61. The molecule has 0 spiro atoms. The Kier molecular flexibility index (Phi) is 6.15. The molecule has 10 heteroatoms. The molecule has 1 saturated heterocycles. The molecule has 4 amide bonds. The van der Waals surface area contributed by atoms with Crippen LogP contribution in [0.2, 0.25) is 0 Å². The number of urea groups is 1. The van der Waals surface area contributed by atoms with E-state index in [9.17, 15) is 22.8 Å². The maximum absolute atomic E-state index is 12.6. The van der Waals surface area contributed by atoms with Gasteiger partial charge in [0.15, 0.2) is 0 Å². The number of benzene rings is 1. The third kappa shape index (κ3) is 4.50. The van der Waals surface area contributed by atoms with Gasteiger partial charge in [-0.3, -0.25) is 14.5 Å². The molecule has 9 nitrogen and oxygen atoms in total. The second kappa shape index (κ2) is 7.88. The van der Waals surface area contributed by atoms with Crippen LogP contribution in [0, 0.1) is 5.92 Å². The van der Waals surface area contributed by atoms with Crippen molar-refractivity contribution < 1.29 is 22.8 Å². The number of imide groups is 1. The van der Waals surface area contributed by atoms with Crippen LogP contribution >= 0.6 is 0 Å². The van der Waals surface area contributed by atoms with Crippen molar-refractivity contribution >= 4 is 33.6 Å². The third-order valence-corrected chi connectivity index (χ3v) is 6.21. The summed E-state index contributed by atoms with van der Waals surface area (Å²) in [6.45, 7) is 5.12. The van der Waals surface area contributed by atoms with E-state index in [1.54, 1.807) is 6.92 Å². The average molecular weight is 410 g/mol. The number of rotatable bonds is 7. The fourth-order valence-corrected chi connectivity index (χ4v) is 4.01. The number of hydrogen-bond acceptors (Lipinski definition) is 5. The fourth-order valence-electron chi connectivity index (χ4n) is 3.11. The smallest absolute Gasteiger partial charge is 0.325 e. The van der Waals surface area contributed by atoms with Gasteiger partial charge in [0.25, 0.3) is 5.91 Å². The Balaban J connectivity index is 2.05. The summed E-state index contributed by atoms with van der Waals surface area (Å²) in [6.07, 6.45) is 0.470. The van der Waals surface area contributed by atoms with Gasteiger partial charge in [0.2, 0.25) is 15.9 Å². The van der Waals surface area contributed by atoms with Crippen LogP contribution in [0.3, 0.4) is 0 Å². The van der Waals surface area contributed by atoms with E-state index in [0.29, 0.717) is 12.1 Å². The van der Waals surface area contributed by atoms with Crippen LogP contribution < -0.4 is 10.6 Å². The quantitative estimate of drug-likeness (QED) is 0.656. The van der Waals surface area contributed by atoms with E-state index >= 15 is 0 Å². The van der Waals surface area contributed by atoms with Gasteiger partial charge < -0.3 is 10.6 Å². The van der Waals surface area contributed by atoms with Crippen molar-refractivity contribution in [3.63, 3.8) is 0 Å². The van der Waals surface area contributed by atoms with E-state index in [-0.39, 0.29) is 10.8 Å². The van der Waals surface area contributed by atoms with Crippen molar-refractivity contribution in [2.75, 3.05) is 26.0 Å². The van der Waals surface area contributed by atoms with Crippen molar-refractivity contribution in [3.05, 3.63) is 24.3 Å². The van der Waals surface area contributed by atoms with Crippen molar-refractivity contribution in [3.8, 4) is 0 Å². The molecule has 1 aliphatic rings. The number of nitrogens with zero attached hydrogens (tertiary/aromatic N) is 2. The van der Waals surface area contributed by atoms with Crippen LogP contribution in [-0.4, -0.2) is 61.6 Å². The van der Waals surface area contributed by atoms with E-state index < -0.39 is 40.0 Å². The summed E-state index contributed by atoms with van der Waals surface area (Å²) in [5, 5.41) is 5.22. The highest BCUT2D eigenvalue weighted by molar-refractivity contribution is 7.89. The highest BCUT2D eigenvalue weighted by Gasteiger charge is 2.48. The lowest BCUT2D eigenvalue weighted by atomic mass is 9.91. The monoisotopic (exact) mass is 410 g/mol. The van der Waals surface area contributed by atoms with Crippen molar-refractivity contribution in [2.45, 2.75) is 37.6 Å². The zero-order valence-electron chi connectivity index (χ0n) is 16.6. The maximum Gasteiger partial charge on any atom is 0.325 e. The SMILES string of the molecule is CC(C)C[C@@]1(C)NC(=O)N(CC(=O)Nc2ccc(S(=O)(=O)N(C)C)cc2)C1=O. The summed E-state index contributed by atoms with van der Waals surface area (Å²) in [6, 6.07) is 5.04. The number of anilines is 1. The van der Waals surface area contributed by atoms with Crippen LogP contribution in [0.4, 0.5) is 10.5 Å². The van der Waals surface area contributed by atoms with Gasteiger partial charge in [-0.2, -0.15) is 0 Å². The number of nitrogens with one attached hydrogen (secondary N) is 2. The first-order chi connectivity index (χ1) is 12.9. The summed E-state index contributed by atoms with van der Waals surface area (Å²) in [5.41, 5.74) is -0.659. The molecule has 0 radical (unpaired) electrons. The molecule has 2 rings (SSSR count). The minimum absolute atomic E-state index is 0.0917. The molecule has 1 heterocycles. The predicted octanol–water partition coefficient (Wildman–Crippen LogP) is 1.23. The Bertz CT molecular complexity index is 880. The van der Waals surface area contributed by atoms with Crippen LogP contribution in [-0.2, 0) is 19.6 Å². The summed E-state index contributed by atoms with van der Waals surface area (Å²) in [5.74, 6) is -0.797. The Hall–Kier alpha value is -2.46.